The molecule has 8 heteroatoms. The lowest BCUT2D eigenvalue weighted by Gasteiger charge is -2.38. The zero-order chi connectivity index (χ0) is 30.6. The molecular weight excluding hydrogens is 540 g/mol. The van der Waals surface area contributed by atoms with Crippen molar-refractivity contribution in [3.8, 4) is 11.5 Å². The molecule has 1 fully saturated rings. The van der Waals surface area contributed by atoms with Crippen molar-refractivity contribution < 1.29 is 19.1 Å². The molecule has 1 saturated heterocycles. The van der Waals surface area contributed by atoms with E-state index in [2.05, 4.69) is 65.7 Å². The van der Waals surface area contributed by atoms with Gasteiger partial charge in [0.1, 0.15) is 17.2 Å². The van der Waals surface area contributed by atoms with E-state index in [-0.39, 0.29) is 18.0 Å². The molecule has 8 nitrogen and oxygen atoms in total. The van der Waals surface area contributed by atoms with Gasteiger partial charge in [-0.25, -0.2) is 4.79 Å². The second-order valence-electron chi connectivity index (χ2n) is 11.1. The zero-order valence-electron chi connectivity index (χ0n) is 25.8. The van der Waals surface area contributed by atoms with E-state index >= 15 is 0 Å². The highest BCUT2D eigenvalue weighted by molar-refractivity contribution is 6.06. The van der Waals surface area contributed by atoms with Crippen LogP contribution in [-0.2, 0) is 0 Å². The van der Waals surface area contributed by atoms with Crippen LogP contribution in [0.15, 0.2) is 72.8 Å². The number of amides is 3. The summed E-state index contributed by atoms with van der Waals surface area (Å²) in [5.74, 6) is 0.576. The maximum absolute atomic E-state index is 13.9. The minimum Gasteiger partial charge on any atom is -0.497 e. The summed E-state index contributed by atoms with van der Waals surface area (Å²) in [6.45, 7) is 4.23. The molecule has 43 heavy (non-hydrogen) atoms. The van der Waals surface area contributed by atoms with Crippen LogP contribution in [0.5, 0.6) is 11.5 Å². The largest absolute Gasteiger partial charge is 0.497 e. The van der Waals surface area contributed by atoms with Gasteiger partial charge in [0.25, 0.3) is 5.91 Å². The number of benzene rings is 3. The van der Waals surface area contributed by atoms with E-state index in [0.29, 0.717) is 29.3 Å². The Balaban J connectivity index is 1.51. The van der Waals surface area contributed by atoms with Crippen LogP contribution in [0.4, 0.5) is 10.5 Å². The third-order valence-electron chi connectivity index (χ3n) is 8.23. The van der Waals surface area contributed by atoms with Crippen molar-refractivity contribution in [1.82, 2.24) is 10.2 Å². The third kappa shape index (κ3) is 8.29. The SMILES string of the molecule is CCCCCCCN(C(N)=O)c1c(OC)cc(OC)cc1C(=O)NC1CCN(C(c2ccccc2)c2ccccc2)CC1. The topological polar surface area (TPSA) is 97.1 Å². The van der Waals surface area contributed by atoms with Gasteiger partial charge in [-0.2, -0.15) is 0 Å². The number of piperidine rings is 1. The van der Waals surface area contributed by atoms with Crippen molar-refractivity contribution in [2.45, 2.75) is 64.0 Å². The normalized spacial score (nSPS) is 14.0. The molecule has 0 aromatic heterocycles. The molecule has 0 aliphatic carbocycles. The van der Waals surface area contributed by atoms with Crippen molar-refractivity contribution in [3.63, 3.8) is 0 Å². The maximum atomic E-state index is 13.9. The van der Waals surface area contributed by atoms with Gasteiger partial charge < -0.3 is 20.5 Å². The first-order valence-corrected chi connectivity index (χ1v) is 15.4. The number of nitrogens with zero attached hydrogens (tertiary/aromatic N) is 2. The average Bonchev–Trinajstić information content (AvgIpc) is 3.04. The van der Waals surface area contributed by atoms with E-state index in [1.165, 1.54) is 23.1 Å². The molecule has 1 aliphatic rings. The second kappa shape index (κ2) is 16.0. The zero-order valence-corrected chi connectivity index (χ0v) is 25.8. The van der Waals surface area contributed by atoms with E-state index in [4.69, 9.17) is 15.2 Å². The number of carbonyl (C=O) groups excluding carboxylic acids is 2. The fraction of sp³-hybridized carbons (Fsp3) is 0.429. The summed E-state index contributed by atoms with van der Waals surface area (Å²) in [6, 6.07) is 24.0. The molecule has 0 spiro atoms. The summed E-state index contributed by atoms with van der Waals surface area (Å²) in [4.78, 5) is 30.5. The first kappa shape index (κ1) is 31.9. The molecule has 0 bridgehead atoms. The van der Waals surface area contributed by atoms with E-state index in [1.54, 1.807) is 19.2 Å². The molecule has 3 aromatic carbocycles. The number of methoxy groups -OCH3 is 2. The van der Waals surface area contributed by atoms with Crippen molar-refractivity contribution in [2.24, 2.45) is 5.73 Å². The summed E-state index contributed by atoms with van der Waals surface area (Å²) in [5, 5.41) is 3.24. The monoisotopic (exact) mass is 586 g/mol. The van der Waals surface area contributed by atoms with Gasteiger partial charge in [0.15, 0.2) is 0 Å². The van der Waals surface area contributed by atoms with Gasteiger partial charge in [-0.1, -0.05) is 93.3 Å². The summed E-state index contributed by atoms with van der Waals surface area (Å²) >= 11 is 0. The Hall–Kier alpha value is -4.04. The fourth-order valence-electron chi connectivity index (χ4n) is 5.96. The van der Waals surface area contributed by atoms with Gasteiger partial charge in [0, 0.05) is 31.7 Å². The van der Waals surface area contributed by atoms with Crippen molar-refractivity contribution in [2.75, 3.05) is 38.8 Å². The molecule has 230 valence electrons. The van der Waals surface area contributed by atoms with Crippen LogP contribution in [0, 0.1) is 0 Å². The van der Waals surface area contributed by atoms with E-state index in [1.807, 2.05) is 12.1 Å². The Bertz CT molecular complexity index is 1270. The number of nitrogens with two attached hydrogens (primary N) is 1. The van der Waals surface area contributed by atoms with Crippen LogP contribution in [0.2, 0.25) is 0 Å². The molecule has 0 unspecified atom stereocenters. The number of rotatable bonds is 14. The number of unbranched alkanes of at least 4 members (excludes halogenated alkanes) is 4. The molecule has 1 aliphatic heterocycles. The number of hydrogen-bond acceptors (Lipinski definition) is 5. The first-order valence-electron chi connectivity index (χ1n) is 15.4. The Kier molecular flexibility index (Phi) is 11.9. The number of primary amides is 1. The van der Waals surface area contributed by atoms with Crippen molar-refractivity contribution in [3.05, 3.63) is 89.5 Å². The molecular formula is C35H46N4O4. The van der Waals surface area contributed by atoms with Crippen LogP contribution in [-0.4, -0.2) is 56.7 Å². The van der Waals surface area contributed by atoms with Crippen molar-refractivity contribution in [1.29, 1.82) is 0 Å². The predicted octanol–water partition coefficient (Wildman–Crippen LogP) is 6.54. The van der Waals surface area contributed by atoms with Gasteiger partial charge in [-0.15, -0.1) is 0 Å². The number of anilines is 1. The standard InChI is InChI=1S/C35H46N4O4/c1-4-5-6-7-14-21-39(35(36)41)33-30(24-29(42-2)25-31(33)43-3)34(40)37-28-19-22-38(23-20-28)32(26-15-10-8-11-16-26)27-17-12-9-13-18-27/h8-13,15-18,24-25,28,32H,4-7,14,19-23H2,1-3H3,(H2,36,41)(H,37,40). The smallest absolute Gasteiger partial charge is 0.319 e. The highest BCUT2D eigenvalue weighted by atomic mass is 16.5. The summed E-state index contributed by atoms with van der Waals surface area (Å²) in [5.41, 5.74) is 9.07. The number of likely N-dealkylation sites (tertiary alicyclic amines) is 1. The predicted molar refractivity (Wildman–Crippen MR) is 172 cm³/mol. The quantitative estimate of drug-likeness (QED) is 0.209. The van der Waals surface area contributed by atoms with Gasteiger partial charge in [0.2, 0.25) is 0 Å². The highest BCUT2D eigenvalue weighted by Crippen LogP contribution is 2.37. The van der Waals surface area contributed by atoms with Gasteiger partial charge >= 0.3 is 6.03 Å². The second-order valence-corrected chi connectivity index (χ2v) is 11.1. The first-order chi connectivity index (χ1) is 21.0. The van der Waals surface area contributed by atoms with Gasteiger partial charge in [0.05, 0.1) is 25.8 Å². The van der Waals surface area contributed by atoms with Crippen LogP contribution < -0.4 is 25.4 Å². The Morgan fingerprint density at radius 2 is 1.51 bits per heavy atom. The third-order valence-corrected chi connectivity index (χ3v) is 8.23. The van der Waals surface area contributed by atoms with Crippen molar-refractivity contribution >= 4 is 17.6 Å². The highest BCUT2D eigenvalue weighted by Gasteiger charge is 2.30. The van der Waals surface area contributed by atoms with Crippen LogP contribution in [0.1, 0.15) is 79.4 Å². The molecule has 3 amide bonds. The molecule has 0 saturated carbocycles. The number of ether oxygens (including phenoxy) is 2. The lowest BCUT2D eigenvalue weighted by molar-refractivity contribution is 0.0900. The molecule has 4 rings (SSSR count). The number of hydrogen-bond donors (Lipinski definition) is 2. The summed E-state index contributed by atoms with van der Waals surface area (Å²) < 4.78 is 11.1. The molecule has 3 N–H and O–H groups in total. The van der Waals surface area contributed by atoms with E-state index in [9.17, 15) is 9.59 Å². The molecule has 0 radical (unpaired) electrons. The lowest BCUT2D eigenvalue weighted by atomic mass is 9.94. The number of nitrogens with one attached hydrogen (secondary N) is 1. The van der Waals surface area contributed by atoms with Crippen LogP contribution in [0.25, 0.3) is 0 Å². The number of carbonyl (C=O) groups is 2. The van der Waals surface area contributed by atoms with Crippen LogP contribution >= 0.6 is 0 Å². The Morgan fingerprint density at radius 1 is 0.907 bits per heavy atom. The minimum absolute atomic E-state index is 0.0166. The molecule has 1 heterocycles. The summed E-state index contributed by atoms with van der Waals surface area (Å²) in [6.07, 6.45) is 6.72. The number of urea groups is 1. The molecule has 0 atom stereocenters. The fourth-order valence-corrected chi connectivity index (χ4v) is 5.96. The van der Waals surface area contributed by atoms with E-state index in [0.717, 1.165) is 58.0 Å². The van der Waals surface area contributed by atoms with Gasteiger partial charge in [-0.05, 0) is 36.5 Å². The Labute approximate surface area is 256 Å². The van der Waals surface area contributed by atoms with E-state index < -0.39 is 6.03 Å². The Morgan fingerprint density at radius 3 is 2.05 bits per heavy atom. The van der Waals surface area contributed by atoms with Crippen LogP contribution in [0.3, 0.4) is 0 Å². The lowest BCUT2D eigenvalue weighted by Crippen LogP contribution is -2.46. The molecule has 3 aromatic rings. The van der Waals surface area contributed by atoms with Gasteiger partial charge in [-0.3, -0.25) is 14.6 Å². The summed E-state index contributed by atoms with van der Waals surface area (Å²) in [7, 11) is 3.06. The maximum Gasteiger partial charge on any atom is 0.319 e. The average molecular weight is 587 g/mol. The minimum atomic E-state index is -0.616.